The highest BCUT2D eigenvalue weighted by atomic mass is 16.6. The van der Waals surface area contributed by atoms with Gasteiger partial charge in [0.1, 0.15) is 0 Å². The fourth-order valence-electron chi connectivity index (χ4n) is 1.98. The number of carbonyl (C=O) groups is 1. The van der Waals surface area contributed by atoms with Gasteiger partial charge in [0.2, 0.25) is 0 Å². The van der Waals surface area contributed by atoms with Gasteiger partial charge in [0.25, 0.3) is 11.6 Å². The zero-order chi connectivity index (χ0) is 14.4. The van der Waals surface area contributed by atoms with Crippen molar-refractivity contribution in [3.05, 3.63) is 52.1 Å². The minimum absolute atomic E-state index is 0.112. The first-order valence-electron chi connectivity index (χ1n) is 6.40. The predicted molar refractivity (Wildman–Crippen MR) is 75.5 cm³/mol. The smallest absolute Gasteiger partial charge is 0.267 e. The zero-order valence-electron chi connectivity index (χ0n) is 10.9. The van der Waals surface area contributed by atoms with Crippen LogP contribution in [0.15, 0.2) is 41.5 Å². The molecular formula is C14H15N3O3. The van der Waals surface area contributed by atoms with E-state index in [1.165, 1.54) is 24.3 Å². The molecule has 0 spiro atoms. The van der Waals surface area contributed by atoms with Crippen LogP contribution in [0.25, 0.3) is 0 Å². The van der Waals surface area contributed by atoms with Crippen LogP contribution < -0.4 is 5.43 Å². The van der Waals surface area contributed by atoms with E-state index in [4.69, 9.17) is 0 Å². The first-order chi connectivity index (χ1) is 9.66. The largest absolute Gasteiger partial charge is 0.271 e. The summed E-state index contributed by atoms with van der Waals surface area (Å²) >= 11 is 0. The molecule has 0 fully saturated rings. The molecule has 104 valence electrons. The Bertz CT molecular complexity index is 567. The number of nitrogens with one attached hydrogen (secondary N) is 1. The summed E-state index contributed by atoms with van der Waals surface area (Å²) in [6.07, 6.45) is 8.92. The van der Waals surface area contributed by atoms with Crippen LogP contribution in [0.4, 0.5) is 5.69 Å². The van der Waals surface area contributed by atoms with Crippen LogP contribution in [0.5, 0.6) is 0 Å². The molecule has 20 heavy (non-hydrogen) atoms. The molecule has 1 atom stereocenters. The summed E-state index contributed by atoms with van der Waals surface area (Å²) in [5.41, 5.74) is 2.51. The van der Waals surface area contributed by atoms with Crippen LogP contribution in [0.1, 0.15) is 29.6 Å². The second-order valence-electron chi connectivity index (χ2n) is 4.57. The number of benzene rings is 1. The topological polar surface area (TPSA) is 84.6 Å². The monoisotopic (exact) mass is 273 g/mol. The van der Waals surface area contributed by atoms with Gasteiger partial charge in [-0.25, -0.2) is 5.43 Å². The molecule has 1 aromatic carbocycles. The highest BCUT2D eigenvalue weighted by Crippen LogP contribution is 2.16. The molecule has 6 heteroatoms. The Morgan fingerprint density at radius 3 is 3.00 bits per heavy atom. The maximum atomic E-state index is 11.8. The van der Waals surface area contributed by atoms with Crippen molar-refractivity contribution in [1.82, 2.24) is 5.43 Å². The Morgan fingerprint density at radius 1 is 1.45 bits per heavy atom. The van der Waals surface area contributed by atoms with Crippen LogP contribution in [0, 0.1) is 16.0 Å². The average molecular weight is 273 g/mol. The molecule has 0 unspecified atom stereocenters. The Balaban J connectivity index is 1.94. The molecule has 0 saturated heterocycles. The van der Waals surface area contributed by atoms with E-state index in [9.17, 15) is 14.9 Å². The van der Waals surface area contributed by atoms with Crippen LogP contribution in [0.3, 0.4) is 0 Å². The van der Waals surface area contributed by atoms with E-state index >= 15 is 0 Å². The molecule has 1 aliphatic rings. The van der Waals surface area contributed by atoms with Crippen molar-refractivity contribution in [2.45, 2.75) is 19.3 Å². The van der Waals surface area contributed by atoms with Crippen molar-refractivity contribution in [2.24, 2.45) is 11.0 Å². The third kappa shape index (κ3) is 3.74. The minimum atomic E-state index is -0.533. The molecule has 6 nitrogen and oxygen atoms in total. The van der Waals surface area contributed by atoms with Crippen LogP contribution in [0.2, 0.25) is 0 Å². The van der Waals surface area contributed by atoms with Gasteiger partial charge in [-0.15, -0.1) is 0 Å². The van der Waals surface area contributed by atoms with Crippen LogP contribution in [-0.4, -0.2) is 17.0 Å². The van der Waals surface area contributed by atoms with Crippen molar-refractivity contribution >= 4 is 17.8 Å². The van der Waals surface area contributed by atoms with Crippen molar-refractivity contribution in [3.63, 3.8) is 0 Å². The molecule has 1 aromatic rings. The number of nitro benzene ring substituents is 1. The van der Waals surface area contributed by atoms with Gasteiger partial charge in [-0.3, -0.25) is 14.9 Å². The number of carbonyl (C=O) groups excluding carboxylic acids is 1. The molecule has 1 amide bonds. The van der Waals surface area contributed by atoms with E-state index in [1.807, 2.05) is 0 Å². The van der Waals surface area contributed by atoms with Crippen molar-refractivity contribution in [3.8, 4) is 0 Å². The predicted octanol–water partition coefficient (Wildman–Crippen LogP) is 2.67. The molecule has 0 aliphatic heterocycles. The Kier molecular flexibility index (Phi) is 4.60. The number of hydrogen-bond acceptors (Lipinski definition) is 4. The lowest BCUT2D eigenvalue weighted by molar-refractivity contribution is -0.384. The number of allylic oxidation sites excluding steroid dienone is 2. The van der Waals surface area contributed by atoms with Crippen molar-refractivity contribution in [2.75, 3.05) is 0 Å². The normalized spacial score (nSPS) is 18.1. The Labute approximate surface area is 116 Å². The maximum Gasteiger partial charge on any atom is 0.271 e. The van der Waals surface area contributed by atoms with E-state index in [2.05, 4.69) is 22.7 Å². The standard InChI is InChI=1S/C14H15N3O3/c18-14(12-7-4-8-13(9-12)17(19)20)16-15-10-11-5-2-1-3-6-11/h1-2,4,7-11H,3,5-6H2,(H,16,18)/b15-10-/t11-/m0/s1. The quantitative estimate of drug-likeness (QED) is 0.396. The van der Waals surface area contributed by atoms with Gasteiger partial charge in [-0.2, -0.15) is 5.10 Å². The van der Waals surface area contributed by atoms with Gasteiger partial charge in [0, 0.05) is 23.9 Å². The number of hydrogen-bond donors (Lipinski definition) is 1. The SMILES string of the molecule is O=C(N/N=C\[C@H]1CC=CCC1)c1cccc([N+](=O)[O-])c1. The summed E-state index contributed by atoms with van der Waals surface area (Å²) in [5, 5.41) is 14.6. The number of hydrazone groups is 1. The molecular weight excluding hydrogens is 258 g/mol. The molecule has 2 rings (SSSR count). The van der Waals surface area contributed by atoms with Crippen molar-refractivity contribution in [1.29, 1.82) is 0 Å². The first-order valence-corrected chi connectivity index (χ1v) is 6.40. The number of non-ortho nitro benzene ring substituents is 1. The van der Waals surface area contributed by atoms with Gasteiger partial charge in [-0.1, -0.05) is 18.2 Å². The Morgan fingerprint density at radius 2 is 2.30 bits per heavy atom. The Hall–Kier alpha value is -2.50. The molecule has 1 aliphatic carbocycles. The second kappa shape index (κ2) is 6.60. The summed E-state index contributed by atoms with van der Waals surface area (Å²) in [6, 6.07) is 5.56. The van der Waals surface area contributed by atoms with E-state index in [1.54, 1.807) is 6.21 Å². The summed E-state index contributed by atoms with van der Waals surface area (Å²) in [4.78, 5) is 21.9. The third-order valence-corrected chi connectivity index (χ3v) is 3.08. The summed E-state index contributed by atoms with van der Waals surface area (Å²) in [5.74, 6) is -0.110. The summed E-state index contributed by atoms with van der Waals surface area (Å²) in [7, 11) is 0. The fourth-order valence-corrected chi connectivity index (χ4v) is 1.98. The lowest BCUT2D eigenvalue weighted by atomic mass is 9.96. The number of rotatable bonds is 4. The van der Waals surface area contributed by atoms with Crippen LogP contribution in [-0.2, 0) is 0 Å². The van der Waals surface area contributed by atoms with Gasteiger partial charge >= 0.3 is 0 Å². The fraction of sp³-hybridized carbons (Fsp3) is 0.286. The number of nitro groups is 1. The van der Waals surface area contributed by atoms with E-state index < -0.39 is 10.8 Å². The molecule has 1 N–H and O–H groups in total. The first kappa shape index (κ1) is 13.9. The minimum Gasteiger partial charge on any atom is -0.267 e. The zero-order valence-corrected chi connectivity index (χ0v) is 10.9. The molecule has 0 heterocycles. The average Bonchev–Trinajstić information content (AvgIpc) is 2.48. The summed E-state index contributed by atoms with van der Waals surface area (Å²) < 4.78 is 0. The van der Waals surface area contributed by atoms with Gasteiger partial charge in [0.15, 0.2) is 0 Å². The van der Waals surface area contributed by atoms with Crippen LogP contribution >= 0.6 is 0 Å². The summed E-state index contributed by atoms with van der Waals surface area (Å²) in [6.45, 7) is 0. The molecule has 0 radical (unpaired) electrons. The van der Waals surface area contributed by atoms with Gasteiger partial charge in [0.05, 0.1) is 4.92 Å². The maximum absolute atomic E-state index is 11.8. The lowest BCUT2D eigenvalue weighted by Gasteiger charge is -2.11. The lowest BCUT2D eigenvalue weighted by Crippen LogP contribution is -2.19. The third-order valence-electron chi connectivity index (χ3n) is 3.08. The van der Waals surface area contributed by atoms with E-state index in [0.29, 0.717) is 5.92 Å². The highest BCUT2D eigenvalue weighted by molar-refractivity contribution is 5.94. The van der Waals surface area contributed by atoms with Crippen molar-refractivity contribution < 1.29 is 9.72 Å². The molecule has 0 bridgehead atoms. The number of nitrogens with zero attached hydrogens (tertiary/aromatic N) is 2. The van der Waals surface area contributed by atoms with E-state index in [0.717, 1.165) is 19.3 Å². The molecule has 0 aromatic heterocycles. The number of amides is 1. The second-order valence-corrected chi connectivity index (χ2v) is 4.57. The highest BCUT2D eigenvalue weighted by Gasteiger charge is 2.11. The molecule has 0 saturated carbocycles. The van der Waals surface area contributed by atoms with Gasteiger partial charge < -0.3 is 0 Å². The van der Waals surface area contributed by atoms with E-state index in [-0.39, 0.29) is 11.3 Å². The van der Waals surface area contributed by atoms with Gasteiger partial charge in [-0.05, 0) is 31.2 Å².